The molecule has 1 rings (SSSR count). The van der Waals surface area contributed by atoms with Crippen LogP contribution in [0.4, 0.5) is 0 Å². The highest BCUT2D eigenvalue weighted by molar-refractivity contribution is 5.67. The van der Waals surface area contributed by atoms with Crippen LogP contribution in [-0.2, 0) is 11.2 Å². The van der Waals surface area contributed by atoms with E-state index in [1.807, 2.05) is 30.3 Å². The Balaban J connectivity index is 2.33. The third kappa shape index (κ3) is 5.76. The van der Waals surface area contributed by atoms with Gasteiger partial charge in [0.05, 0.1) is 6.61 Å². The minimum atomic E-state index is -0.769. The molecule has 3 nitrogen and oxygen atoms in total. The van der Waals surface area contributed by atoms with Gasteiger partial charge >= 0.3 is 5.97 Å². The number of aliphatic carboxylic acids is 1. The van der Waals surface area contributed by atoms with Crippen LogP contribution >= 0.6 is 0 Å². The number of unbranched alkanes of at least 4 members (excludes halogenated alkanes) is 1. The molecule has 1 aromatic rings. The van der Waals surface area contributed by atoms with Crippen molar-refractivity contribution in [2.24, 2.45) is 0 Å². The Bertz CT molecular complexity index is 354. The van der Waals surface area contributed by atoms with Crippen molar-refractivity contribution in [1.29, 1.82) is 0 Å². The molecule has 1 aromatic carbocycles. The first kappa shape index (κ1) is 13.3. The molecule has 0 heterocycles. The van der Waals surface area contributed by atoms with Crippen LogP contribution in [0.25, 0.3) is 0 Å². The standard InChI is InChI=1S/C14H18O3/c1-2-3-4-11-17-13-8-5-12(6-9-13)7-10-14(15)16/h2,5-6,8-9H,1,3-4,7,10-11H2,(H,15,16). The van der Waals surface area contributed by atoms with E-state index >= 15 is 0 Å². The second kappa shape index (κ2) is 7.49. The van der Waals surface area contributed by atoms with Gasteiger partial charge in [-0.2, -0.15) is 0 Å². The lowest BCUT2D eigenvalue weighted by Crippen LogP contribution is -1.98. The van der Waals surface area contributed by atoms with E-state index in [1.54, 1.807) is 0 Å². The number of carbonyl (C=O) groups is 1. The Morgan fingerprint density at radius 2 is 2.06 bits per heavy atom. The van der Waals surface area contributed by atoms with E-state index in [-0.39, 0.29) is 6.42 Å². The van der Waals surface area contributed by atoms with E-state index in [9.17, 15) is 4.79 Å². The van der Waals surface area contributed by atoms with Gasteiger partial charge in [-0.25, -0.2) is 0 Å². The molecule has 0 fully saturated rings. The average Bonchev–Trinajstić information content (AvgIpc) is 2.33. The number of carboxylic acids is 1. The van der Waals surface area contributed by atoms with Gasteiger partial charge in [0, 0.05) is 6.42 Å². The minimum Gasteiger partial charge on any atom is -0.494 e. The number of ether oxygens (including phenoxy) is 1. The van der Waals surface area contributed by atoms with Gasteiger partial charge in [-0.05, 0) is 37.0 Å². The predicted molar refractivity (Wildman–Crippen MR) is 67.3 cm³/mol. The number of rotatable bonds is 8. The van der Waals surface area contributed by atoms with Gasteiger partial charge in [0.2, 0.25) is 0 Å². The van der Waals surface area contributed by atoms with Crippen molar-refractivity contribution in [3.05, 3.63) is 42.5 Å². The predicted octanol–water partition coefficient (Wildman–Crippen LogP) is 3.05. The molecule has 0 unspecified atom stereocenters. The third-order valence-corrected chi connectivity index (χ3v) is 2.37. The van der Waals surface area contributed by atoms with Crippen molar-refractivity contribution >= 4 is 5.97 Å². The van der Waals surface area contributed by atoms with Crippen LogP contribution in [-0.4, -0.2) is 17.7 Å². The topological polar surface area (TPSA) is 46.5 Å². The molecule has 0 radical (unpaired) electrons. The van der Waals surface area contributed by atoms with E-state index < -0.39 is 5.97 Å². The summed E-state index contributed by atoms with van der Waals surface area (Å²) >= 11 is 0. The van der Waals surface area contributed by atoms with Gasteiger partial charge in [0.15, 0.2) is 0 Å². The van der Waals surface area contributed by atoms with Crippen LogP contribution in [0.2, 0.25) is 0 Å². The van der Waals surface area contributed by atoms with Crippen molar-refractivity contribution in [1.82, 2.24) is 0 Å². The number of aryl methyl sites for hydroxylation is 1. The zero-order valence-corrected chi connectivity index (χ0v) is 9.89. The fourth-order valence-corrected chi connectivity index (χ4v) is 1.42. The van der Waals surface area contributed by atoms with Crippen molar-refractivity contribution < 1.29 is 14.6 Å². The summed E-state index contributed by atoms with van der Waals surface area (Å²) in [7, 11) is 0. The van der Waals surface area contributed by atoms with E-state index in [0.29, 0.717) is 13.0 Å². The van der Waals surface area contributed by atoms with Crippen LogP contribution in [0.1, 0.15) is 24.8 Å². The highest BCUT2D eigenvalue weighted by Crippen LogP contribution is 2.13. The Kier molecular flexibility index (Phi) is 5.86. The number of hydrogen-bond acceptors (Lipinski definition) is 2. The molecule has 0 aromatic heterocycles. The molecule has 92 valence electrons. The van der Waals surface area contributed by atoms with Crippen LogP contribution in [0.3, 0.4) is 0 Å². The third-order valence-electron chi connectivity index (χ3n) is 2.37. The highest BCUT2D eigenvalue weighted by atomic mass is 16.5. The maximum atomic E-state index is 10.4. The summed E-state index contributed by atoms with van der Waals surface area (Å²) in [4.78, 5) is 10.4. The largest absolute Gasteiger partial charge is 0.494 e. The van der Waals surface area contributed by atoms with Gasteiger partial charge in [-0.15, -0.1) is 6.58 Å². The normalized spacial score (nSPS) is 9.88. The molecule has 0 aliphatic rings. The monoisotopic (exact) mass is 234 g/mol. The van der Waals surface area contributed by atoms with Crippen LogP contribution in [0.15, 0.2) is 36.9 Å². The van der Waals surface area contributed by atoms with Gasteiger partial charge in [0.1, 0.15) is 5.75 Å². The number of benzene rings is 1. The summed E-state index contributed by atoms with van der Waals surface area (Å²) < 4.78 is 5.52. The van der Waals surface area contributed by atoms with E-state index in [0.717, 1.165) is 24.2 Å². The van der Waals surface area contributed by atoms with Gasteiger partial charge in [-0.3, -0.25) is 4.79 Å². The molecule has 0 bridgehead atoms. The molecule has 0 spiro atoms. The quantitative estimate of drug-likeness (QED) is 0.555. The summed E-state index contributed by atoms with van der Waals surface area (Å²) in [6, 6.07) is 7.58. The summed E-state index contributed by atoms with van der Waals surface area (Å²) in [5.41, 5.74) is 1.02. The molecule has 0 aliphatic heterocycles. The smallest absolute Gasteiger partial charge is 0.303 e. The van der Waals surface area contributed by atoms with E-state index in [4.69, 9.17) is 9.84 Å². The zero-order chi connectivity index (χ0) is 12.5. The maximum absolute atomic E-state index is 10.4. The van der Waals surface area contributed by atoms with Crippen molar-refractivity contribution in [3.8, 4) is 5.75 Å². The highest BCUT2D eigenvalue weighted by Gasteiger charge is 1.99. The second-order valence-electron chi connectivity index (χ2n) is 3.82. The molecule has 3 heteroatoms. The number of hydrogen-bond donors (Lipinski definition) is 1. The summed E-state index contributed by atoms with van der Waals surface area (Å²) in [6.07, 6.45) is 4.52. The van der Waals surface area contributed by atoms with E-state index in [1.165, 1.54) is 0 Å². The minimum absolute atomic E-state index is 0.166. The molecule has 0 atom stereocenters. The first-order valence-corrected chi connectivity index (χ1v) is 5.77. The molecular weight excluding hydrogens is 216 g/mol. The van der Waals surface area contributed by atoms with Gasteiger partial charge in [0.25, 0.3) is 0 Å². The van der Waals surface area contributed by atoms with Crippen molar-refractivity contribution in [2.45, 2.75) is 25.7 Å². The molecule has 0 amide bonds. The second-order valence-corrected chi connectivity index (χ2v) is 3.82. The summed E-state index contributed by atoms with van der Waals surface area (Å²) in [6.45, 7) is 4.33. The van der Waals surface area contributed by atoms with Crippen LogP contribution in [0, 0.1) is 0 Å². The van der Waals surface area contributed by atoms with Gasteiger partial charge < -0.3 is 9.84 Å². The lowest BCUT2D eigenvalue weighted by atomic mass is 10.1. The Morgan fingerprint density at radius 1 is 1.35 bits per heavy atom. The Morgan fingerprint density at radius 3 is 2.65 bits per heavy atom. The molecule has 1 N–H and O–H groups in total. The number of carboxylic acid groups (broad SMARTS) is 1. The van der Waals surface area contributed by atoms with Crippen LogP contribution in [0.5, 0.6) is 5.75 Å². The Hall–Kier alpha value is -1.77. The number of allylic oxidation sites excluding steroid dienone is 1. The zero-order valence-electron chi connectivity index (χ0n) is 9.89. The van der Waals surface area contributed by atoms with Gasteiger partial charge in [-0.1, -0.05) is 18.2 Å². The van der Waals surface area contributed by atoms with Crippen molar-refractivity contribution in [3.63, 3.8) is 0 Å². The van der Waals surface area contributed by atoms with E-state index in [2.05, 4.69) is 6.58 Å². The molecule has 0 saturated heterocycles. The Labute approximate surface area is 102 Å². The summed E-state index contributed by atoms with van der Waals surface area (Å²) in [5.74, 6) is 0.0582. The molecule has 0 aliphatic carbocycles. The molecular formula is C14H18O3. The fraction of sp³-hybridized carbons (Fsp3) is 0.357. The average molecular weight is 234 g/mol. The first-order chi connectivity index (χ1) is 8.22. The lowest BCUT2D eigenvalue weighted by molar-refractivity contribution is -0.136. The SMILES string of the molecule is C=CCCCOc1ccc(CCC(=O)O)cc1. The fourth-order valence-electron chi connectivity index (χ4n) is 1.42. The molecule has 0 saturated carbocycles. The molecule has 17 heavy (non-hydrogen) atoms. The van der Waals surface area contributed by atoms with Crippen LogP contribution < -0.4 is 4.74 Å². The lowest BCUT2D eigenvalue weighted by Gasteiger charge is -2.06. The first-order valence-electron chi connectivity index (χ1n) is 5.77. The summed E-state index contributed by atoms with van der Waals surface area (Å²) in [5, 5.41) is 8.56. The maximum Gasteiger partial charge on any atom is 0.303 e. The van der Waals surface area contributed by atoms with Crippen molar-refractivity contribution in [2.75, 3.05) is 6.61 Å².